The SMILES string of the molecule is O=C1C=CO[C@@H](C(=O)/C=C/c2ccccc2)C1. The van der Waals surface area contributed by atoms with Crippen molar-refractivity contribution in [3.05, 3.63) is 54.3 Å². The van der Waals surface area contributed by atoms with Crippen molar-refractivity contribution in [3.8, 4) is 0 Å². The van der Waals surface area contributed by atoms with Crippen LogP contribution in [0.2, 0.25) is 0 Å². The first kappa shape index (κ1) is 11.3. The van der Waals surface area contributed by atoms with Gasteiger partial charge in [-0.3, -0.25) is 9.59 Å². The molecular formula is C14H12O3. The van der Waals surface area contributed by atoms with Crippen LogP contribution in [0.5, 0.6) is 0 Å². The largest absolute Gasteiger partial charge is 0.489 e. The molecule has 3 nitrogen and oxygen atoms in total. The van der Waals surface area contributed by atoms with E-state index in [0.29, 0.717) is 0 Å². The number of carbonyl (C=O) groups is 2. The third kappa shape index (κ3) is 3.14. The molecule has 86 valence electrons. The van der Waals surface area contributed by atoms with Crippen LogP contribution in [-0.4, -0.2) is 17.7 Å². The Hall–Kier alpha value is -2.16. The molecule has 1 aromatic carbocycles. The number of benzene rings is 1. The van der Waals surface area contributed by atoms with E-state index in [1.165, 1.54) is 18.4 Å². The Balaban J connectivity index is 2.00. The predicted molar refractivity (Wildman–Crippen MR) is 64.1 cm³/mol. The van der Waals surface area contributed by atoms with Gasteiger partial charge in [0.2, 0.25) is 0 Å². The van der Waals surface area contributed by atoms with Crippen molar-refractivity contribution < 1.29 is 14.3 Å². The summed E-state index contributed by atoms with van der Waals surface area (Å²) in [7, 11) is 0. The molecule has 0 spiro atoms. The minimum atomic E-state index is -0.674. The van der Waals surface area contributed by atoms with E-state index in [-0.39, 0.29) is 18.0 Å². The molecule has 2 rings (SSSR count). The van der Waals surface area contributed by atoms with Crippen LogP contribution in [0.15, 0.2) is 48.7 Å². The fourth-order valence-electron chi connectivity index (χ4n) is 1.53. The van der Waals surface area contributed by atoms with E-state index in [1.54, 1.807) is 6.08 Å². The first-order chi connectivity index (χ1) is 8.25. The Morgan fingerprint density at radius 1 is 1.29 bits per heavy atom. The summed E-state index contributed by atoms with van der Waals surface area (Å²) in [6, 6.07) is 9.50. The van der Waals surface area contributed by atoms with E-state index in [2.05, 4.69) is 0 Å². The van der Waals surface area contributed by atoms with Gasteiger partial charge in [-0.1, -0.05) is 36.4 Å². The molecule has 0 unspecified atom stereocenters. The summed E-state index contributed by atoms with van der Waals surface area (Å²) in [5.41, 5.74) is 0.943. The van der Waals surface area contributed by atoms with Crippen LogP contribution < -0.4 is 0 Å². The maximum absolute atomic E-state index is 11.7. The summed E-state index contributed by atoms with van der Waals surface area (Å²) in [6.07, 6.45) is 5.23. The zero-order valence-electron chi connectivity index (χ0n) is 9.21. The normalized spacial score (nSPS) is 19.3. The van der Waals surface area contributed by atoms with Crippen LogP contribution in [0.3, 0.4) is 0 Å². The average Bonchev–Trinajstić information content (AvgIpc) is 2.37. The Kier molecular flexibility index (Phi) is 3.50. The van der Waals surface area contributed by atoms with Gasteiger partial charge < -0.3 is 4.74 Å². The van der Waals surface area contributed by atoms with Crippen molar-refractivity contribution in [1.29, 1.82) is 0 Å². The lowest BCUT2D eigenvalue weighted by Crippen LogP contribution is -2.26. The van der Waals surface area contributed by atoms with E-state index in [4.69, 9.17) is 4.74 Å². The fraction of sp³-hybridized carbons (Fsp3) is 0.143. The summed E-state index contributed by atoms with van der Waals surface area (Å²) in [5, 5.41) is 0. The van der Waals surface area contributed by atoms with E-state index in [1.807, 2.05) is 30.3 Å². The van der Waals surface area contributed by atoms with Crippen molar-refractivity contribution in [2.75, 3.05) is 0 Å². The van der Waals surface area contributed by atoms with E-state index < -0.39 is 6.10 Å². The third-order valence-electron chi connectivity index (χ3n) is 2.44. The van der Waals surface area contributed by atoms with Crippen LogP contribution in [0, 0.1) is 0 Å². The lowest BCUT2D eigenvalue weighted by atomic mass is 10.1. The maximum atomic E-state index is 11.7. The van der Waals surface area contributed by atoms with Gasteiger partial charge in [-0.25, -0.2) is 0 Å². The fourth-order valence-corrected chi connectivity index (χ4v) is 1.53. The number of ether oxygens (including phenoxy) is 1. The van der Waals surface area contributed by atoms with E-state index in [0.717, 1.165) is 5.56 Å². The standard InChI is InChI=1S/C14H12O3/c15-12-8-9-17-14(10-12)13(16)7-6-11-4-2-1-3-5-11/h1-9,14H,10H2/b7-6+/t14-/m1/s1. The highest BCUT2D eigenvalue weighted by atomic mass is 16.5. The number of allylic oxidation sites excluding steroid dienone is 1. The molecule has 0 fully saturated rings. The molecule has 1 heterocycles. The molecule has 0 N–H and O–H groups in total. The van der Waals surface area contributed by atoms with Crippen molar-refractivity contribution in [2.45, 2.75) is 12.5 Å². The van der Waals surface area contributed by atoms with Crippen molar-refractivity contribution in [2.24, 2.45) is 0 Å². The summed E-state index contributed by atoms with van der Waals surface area (Å²) >= 11 is 0. The smallest absolute Gasteiger partial charge is 0.196 e. The second-order valence-corrected chi connectivity index (χ2v) is 3.74. The predicted octanol–water partition coefficient (Wildman–Crippen LogP) is 2.14. The average molecular weight is 228 g/mol. The minimum absolute atomic E-state index is 0.0808. The Morgan fingerprint density at radius 3 is 2.76 bits per heavy atom. The second-order valence-electron chi connectivity index (χ2n) is 3.74. The monoisotopic (exact) mass is 228 g/mol. The van der Waals surface area contributed by atoms with E-state index in [9.17, 15) is 9.59 Å². The molecule has 0 radical (unpaired) electrons. The van der Waals surface area contributed by atoms with Gasteiger partial charge in [0.1, 0.15) is 0 Å². The van der Waals surface area contributed by atoms with Crippen LogP contribution >= 0.6 is 0 Å². The summed E-state index contributed by atoms with van der Waals surface area (Å²) in [6.45, 7) is 0. The molecule has 3 heteroatoms. The molecule has 0 bridgehead atoms. The summed E-state index contributed by atoms with van der Waals surface area (Å²) in [5.74, 6) is -0.269. The number of hydrogen-bond donors (Lipinski definition) is 0. The molecule has 1 aliphatic rings. The molecule has 0 aliphatic carbocycles. The lowest BCUT2D eigenvalue weighted by molar-refractivity contribution is -0.129. The van der Waals surface area contributed by atoms with Crippen LogP contribution in [-0.2, 0) is 14.3 Å². The molecular weight excluding hydrogens is 216 g/mol. The topological polar surface area (TPSA) is 43.4 Å². The van der Waals surface area contributed by atoms with Crippen molar-refractivity contribution in [3.63, 3.8) is 0 Å². The van der Waals surface area contributed by atoms with Crippen LogP contribution in [0.25, 0.3) is 6.08 Å². The summed E-state index contributed by atoms with van der Waals surface area (Å²) in [4.78, 5) is 22.8. The zero-order valence-corrected chi connectivity index (χ0v) is 9.21. The molecule has 17 heavy (non-hydrogen) atoms. The van der Waals surface area contributed by atoms with Crippen molar-refractivity contribution >= 4 is 17.6 Å². The van der Waals surface area contributed by atoms with Gasteiger partial charge in [0.25, 0.3) is 0 Å². The molecule has 0 amide bonds. The Labute approximate surface area is 99.4 Å². The third-order valence-corrected chi connectivity index (χ3v) is 2.44. The number of carbonyl (C=O) groups excluding carboxylic acids is 2. The number of hydrogen-bond acceptors (Lipinski definition) is 3. The van der Waals surface area contributed by atoms with Gasteiger partial charge in [-0.15, -0.1) is 0 Å². The van der Waals surface area contributed by atoms with Gasteiger partial charge in [-0.05, 0) is 11.6 Å². The molecule has 0 saturated carbocycles. The molecule has 1 aromatic rings. The quantitative estimate of drug-likeness (QED) is 0.744. The molecule has 1 atom stereocenters. The van der Waals surface area contributed by atoms with Gasteiger partial charge in [0, 0.05) is 6.08 Å². The first-order valence-corrected chi connectivity index (χ1v) is 5.37. The van der Waals surface area contributed by atoms with Gasteiger partial charge >= 0.3 is 0 Å². The molecule has 0 aromatic heterocycles. The maximum Gasteiger partial charge on any atom is 0.196 e. The highest BCUT2D eigenvalue weighted by Gasteiger charge is 2.22. The van der Waals surface area contributed by atoms with Gasteiger partial charge in [0.05, 0.1) is 12.7 Å². The first-order valence-electron chi connectivity index (χ1n) is 5.37. The number of rotatable bonds is 3. The summed E-state index contributed by atoms with van der Waals surface area (Å²) < 4.78 is 5.10. The highest BCUT2D eigenvalue weighted by molar-refractivity contribution is 6.02. The minimum Gasteiger partial charge on any atom is -0.489 e. The van der Waals surface area contributed by atoms with Crippen LogP contribution in [0.4, 0.5) is 0 Å². The van der Waals surface area contributed by atoms with Crippen molar-refractivity contribution in [1.82, 2.24) is 0 Å². The Morgan fingerprint density at radius 2 is 2.06 bits per heavy atom. The molecule has 1 aliphatic heterocycles. The van der Waals surface area contributed by atoms with Gasteiger partial charge in [-0.2, -0.15) is 0 Å². The zero-order chi connectivity index (χ0) is 12.1. The van der Waals surface area contributed by atoms with Crippen LogP contribution in [0.1, 0.15) is 12.0 Å². The highest BCUT2D eigenvalue weighted by Crippen LogP contribution is 2.10. The lowest BCUT2D eigenvalue weighted by Gasteiger charge is -2.15. The Bertz CT molecular complexity index is 472. The molecule has 0 saturated heterocycles. The number of ketones is 2. The second kappa shape index (κ2) is 5.25. The van der Waals surface area contributed by atoms with Gasteiger partial charge in [0.15, 0.2) is 17.7 Å². The van der Waals surface area contributed by atoms with E-state index >= 15 is 0 Å².